The van der Waals surface area contributed by atoms with Gasteiger partial charge in [-0.2, -0.15) is 0 Å². The second-order valence-corrected chi connectivity index (χ2v) is 2.41. The lowest BCUT2D eigenvalue weighted by atomic mass is 10.2. The zero-order valence-corrected chi connectivity index (χ0v) is 8.03. The summed E-state index contributed by atoms with van der Waals surface area (Å²) >= 11 is 0. The summed E-state index contributed by atoms with van der Waals surface area (Å²) in [5.74, 6) is 0.340. The number of nitrogens with two attached hydrogens (primary N) is 1. The van der Waals surface area contributed by atoms with Crippen molar-refractivity contribution in [2.24, 2.45) is 5.73 Å². The Hall–Kier alpha value is -1.75. The van der Waals surface area contributed by atoms with E-state index < -0.39 is 5.91 Å². The van der Waals surface area contributed by atoms with Crippen molar-refractivity contribution in [3.63, 3.8) is 0 Å². The van der Waals surface area contributed by atoms with Gasteiger partial charge in [0, 0.05) is 0 Å². The van der Waals surface area contributed by atoms with Gasteiger partial charge in [0.05, 0.1) is 19.8 Å². The van der Waals surface area contributed by atoms with Gasteiger partial charge in [0.15, 0.2) is 11.5 Å². The highest BCUT2D eigenvalue weighted by molar-refractivity contribution is 5.96. The van der Waals surface area contributed by atoms with Crippen molar-refractivity contribution in [1.29, 1.82) is 0 Å². The molecule has 0 spiro atoms. The summed E-state index contributed by atoms with van der Waals surface area (Å²) in [6.45, 7) is 0. The van der Waals surface area contributed by atoms with E-state index in [-0.39, 0.29) is 5.48 Å². The maximum atomic E-state index is 10.9. The van der Waals surface area contributed by atoms with Crippen LogP contribution in [0.2, 0.25) is 0 Å². The van der Waals surface area contributed by atoms with Gasteiger partial charge in [0.2, 0.25) is 0 Å². The van der Waals surface area contributed by atoms with Crippen LogP contribution in [-0.4, -0.2) is 25.6 Å². The van der Waals surface area contributed by atoms with E-state index >= 15 is 0 Å². The number of rotatable bonds is 3. The molecule has 78 valence electrons. The van der Waals surface area contributed by atoms with Crippen LogP contribution >= 0.6 is 0 Å². The van der Waals surface area contributed by atoms with E-state index in [0.29, 0.717) is 17.1 Å². The van der Waals surface area contributed by atoms with Gasteiger partial charge in [-0.25, -0.2) is 0 Å². The first-order valence-corrected chi connectivity index (χ1v) is 3.71. The van der Waals surface area contributed by atoms with Crippen LogP contribution in [-0.2, 0) is 0 Å². The van der Waals surface area contributed by atoms with Crippen LogP contribution in [0.5, 0.6) is 11.5 Å². The van der Waals surface area contributed by atoms with Crippen LogP contribution in [0.1, 0.15) is 10.4 Å². The fourth-order valence-electron chi connectivity index (χ4n) is 1.08. The van der Waals surface area contributed by atoms with Gasteiger partial charge in [-0.15, -0.1) is 0 Å². The predicted molar refractivity (Wildman–Crippen MR) is 51.7 cm³/mol. The maximum Gasteiger partial charge on any atom is 0.252 e. The molecule has 1 rings (SSSR count). The molecule has 0 aliphatic carbocycles. The molecule has 0 aliphatic heterocycles. The fourth-order valence-corrected chi connectivity index (χ4v) is 1.08. The first-order chi connectivity index (χ1) is 6.20. The molecule has 14 heavy (non-hydrogen) atoms. The molecule has 0 saturated heterocycles. The number of para-hydroxylation sites is 1. The SMILES string of the molecule is COc1cccc(C(N)=O)c1OC.O. The Balaban J connectivity index is 0.00000169. The number of ether oxygens (including phenoxy) is 2. The topological polar surface area (TPSA) is 93.0 Å². The number of amides is 1. The average molecular weight is 199 g/mol. The highest BCUT2D eigenvalue weighted by atomic mass is 16.5. The molecule has 5 heteroatoms. The minimum atomic E-state index is -0.532. The molecule has 0 aliphatic rings. The minimum absolute atomic E-state index is 0. The Kier molecular flexibility index (Phi) is 4.45. The van der Waals surface area contributed by atoms with Crippen molar-refractivity contribution in [2.75, 3.05) is 14.2 Å². The van der Waals surface area contributed by atoms with E-state index in [1.807, 2.05) is 0 Å². The average Bonchev–Trinajstić information content (AvgIpc) is 2.16. The second-order valence-electron chi connectivity index (χ2n) is 2.41. The molecule has 1 aromatic carbocycles. The van der Waals surface area contributed by atoms with Crippen molar-refractivity contribution in [3.05, 3.63) is 23.8 Å². The molecule has 0 heterocycles. The van der Waals surface area contributed by atoms with E-state index in [2.05, 4.69) is 0 Å². The summed E-state index contributed by atoms with van der Waals surface area (Å²) in [6, 6.07) is 4.97. The molecular weight excluding hydrogens is 186 g/mol. The first-order valence-electron chi connectivity index (χ1n) is 3.71. The number of methoxy groups -OCH3 is 2. The smallest absolute Gasteiger partial charge is 0.252 e. The molecule has 1 aromatic rings. The predicted octanol–water partition coefficient (Wildman–Crippen LogP) is -0.0220. The highest BCUT2D eigenvalue weighted by Gasteiger charge is 2.12. The molecule has 0 unspecified atom stereocenters. The number of hydrogen-bond acceptors (Lipinski definition) is 3. The number of carbonyl (C=O) groups is 1. The monoisotopic (exact) mass is 199 g/mol. The summed E-state index contributed by atoms with van der Waals surface area (Å²) in [5.41, 5.74) is 5.46. The summed E-state index contributed by atoms with van der Waals surface area (Å²) < 4.78 is 10.00. The summed E-state index contributed by atoms with van der Waals surface area (Å²) in [5, 5.41) is 0. The lowest BCUT2D eigenvalue weighted by molar-refractivity contribution is 0.0996. The van der Waals surface area contributed by atoms with Gasteiger partial charge in [0.1, 0.15) is 0 Å². The Morgan fingerprint density at radius 1 is 1.29 bits per heavy atom. The number of primary amides is 1. The quantitative estimate of drug-likeness (QED) is 0.741. The highest BCUT2D eigenvalue weighted by Crippen LogP contribution is 2.29. The first kappa shape index (κ1) is 12.2. The Morgan fingerprint density at radius 3 is 2.36 bits per heavy atom. The van der Waals surface area contributed by atoms with Gasteiger partial charge < -0.3 is 20.7 Å². The van der Waals surface area contributed by atoms with Crippen molar-refractivity contribution in [2.45, 2.75) is 0 Å². The maximum absolute atomic E-state index is 10.9. The summed E-state index contributed by atoms with van der Waals surface area (Å²) in [4.78, 5) is 10.9. The Labute approximate surface area is 81.7 Å². The van der Waals surface area contributed by atoms with Crippen molar-refractivity contribution in [3.8, 4) is 11.5 Å². The van der Waals surface area contributed by atoms with Crippen LogP contribution < -0.4 is 15.2 Å². The van der Waals surface area contributed by atoms with E-state index in [1.165, 1.54) is 14.2 Å². The van der Waals surface area contributed by atoms with Gasteiger partial charge >= 0.3 is 0 Å². The standard InChI is InChI=1S/C9H11NO3.H2O/c1-12-7-5-3-4-6(9(10)11)8(7)13-2;/h3-5H,1-2H3,(H2,10,11);1H2. The third-order valence-corrected chi connectivity index (χ3v) is 1.67. The largest absolute Gasteiger partial charge is 0.493 e. The minimum Gasteiger partial charge on any atom is -0.493 e. The lowest BCUT2D eigenvalue weighted by Gasteiger charge is -2.09. The molecule has 0 aromatic heterocycles. The molecule has 0 fully saturated rings. The number of benzene rings is 1. The van der Waals surface area contributed by atoms with Crippen molar-refractivity contribution in [1.82, 2.24) is 0 Å². The molecule has 0 atom stereocenters. The van der Waals surface area contributed by atoms with Crippen LogP contribution in [0.3, 0.4) is 0 Å². The third-order valence-electron chi connectivity index (χ3n) is 1.67. The zero-order chi connectivity index (χ0) is 9.84. The fraction of sp³-hybridized carbons (Fsp3) is 0.222. The van der Waals surface area contributed by atoms with E-state index in [4.69, 9.17) is 15.2 Å². The summed E-state index contributed by atoms with van der Waals surface area (Å²) in [6.07, 6.45) is 0. The number of hydrogen-bond donors (Lipinski definition) is 1. The number of carbonyl (C=O) groups excluding carboxylic acids is 1. The van der Waals surface area contributed by atoms with Crippen LogP contribution in [0.4, 0.5) is 0 Å². The van der Waals surface area contributed by atoms with Gasteiger partial charge in [-0.05, 0) is 12.1 Å². The van der Waals surface area contributed by atoms with Crippen molar-refractivity contribution < 1.29 is 19.7 Å². The third kappa shape index (κ3) is 2.14. The van der Waals surface area contributed by atoms with E-state index in [1.54, 1.807) is 18.2 Å². The van der Waals surface area contributed by atoms with Gasteiger partial charge in [-0.3, -0.25) is 4.79 Å². The lowest BCUT2D eigenvalue weighted by Crippen LogP contribution is -2.12. The Morgan fingerprint density at radius 2 is 1.93 bits per heavy atom. The van der Waals surface area contributed by atoms with E-state index in [0.717, 1.165) is 0 Å². The molecule has 5 nitrogen and oxygen atoms in total. The molecular formula is C9H13NO4. The van der Waals surface area contributed by atoms with Gasteiger partial charge in [0.25, 0.3) is 5.91 Å². The van der Waals surface area contributed by atoms with Crippen LogP contribution in [0, 0.1) is 0 Å². The van der Waals surface area contributed by atoms with E-state index in [9.17, 15) is 4.79 Å². The second kappa shape index (κ2) is 5.08. The Bertz CT molecular complexity index is 325. The zero-order valence-electron chi connectivity index (χ0n) is 8.03. The summed E-state index contributed by atoms with van der Waals surface area (Å²) in [7, 11) is 2.97. The molecule has 4 N–H and O–H groups in total. The molecule has 0 radical (unpaired) electrons. The molecule has 0 saturated carbocycles. The van der Waals surface area contributed by atoms with Crippen LogP contribution in [0.15, 0.2) is 18.2 Å². The normalized spacial score (nSPS) is 8.71. The molecule has 1 amide bonds. The van der Waals surface area contributed by atoms with Crippen LogP contribution in [0.25, 0.3) is 0 Å². The van der Waals surface area contributed by atoms with Crippen molar-refractivity contribution >= 4 is 5.91 Å². The molecule has 0 bridgehead atoms. The van der Waals surface area contributed by atoms with Gasteiger partial charge in [-0.1, -0.05) is 6.07 Å².